The van der Waals surface area contributed by atoms with Gasteiger partial charge >= 0.3 is 0 Å². The van der Waals surface area contributed by atoms with Crippen molar-refractivity contribution in [3.63, 3.8) is 0 Å². The van der Waals surface area contributed by atoms with Gasteiger partial charge < -0.3 is 9.47 Å². The summed E-state index contributed by atoms with van der Waals surface area (Å²) in [5.74, 6) is 1.18. The minimum atomic E-state index is -0.509. The molecule has 0 saturated carbocycles. The van der Waals surface area contributed by atoms with Crippen molar-refractivity contribution in [2.24, 2.45) is 0 Å². The number of halogens is 1. The van der Waals surface area contributed by atoms with Crippen LogP contribution < -0.4 is 9.47 Å². The molecule has 0 bridgehead atoms. The average molecular weight is 316 g/mol. The van der Waals surface area contributed by atoms with Gasteiger partial charge in [-0.15, -0.1) is 0 Å². The highest BCUT2D eigenvalue weighted by Crippen LogP contribution is 2.37. The zero-order valence-corrected chi connectivity index (χ0v) is 11.8. The van der Waals surface area contributed by atoms with Crippen molar-refractivity contribution in [1.29, 1.82) is 0 Å². The fourth-order valence-corrected chi connectivity index (χ4v) is 1.95. The highest BCUT2D eigenvalue weighted by molar-refractivity contribution is 9.10. The second kappa shape index (κ2) is 7.00. The van der Waals surface area contributed by atoms with Crippen molar-refractivity contribution < 1.29 is 14.4 Å². The Hall–Kier alpha value is -1.56. The standard InChI is InChI=1S/C12H14BrNO4/c1-3-17-11-8-9(5-6-14(15)16)7-10(13)12(11)18-4-2/h5-8H,3-4H2,1-2H3/b6-5+. The maximum atomic E-state index is 10.3. The first-order valence-corrected chi connectivity index (χ1v) is 6.28. The second-order valence-electron chi connectivity index (χ2n) is 3.30. The van der Waals surface area contributed by atoms with Crippen LogP contribution >= 0.6 is 15.9 Å². The minimum Gasteiger partial charge on any atom is -0.490 e. The fraction of sp³-hybridized carbons (Fsp3) is 0.333. The molecule has 0 saturated heterocycles. The highest BCUT2D eigenvalue weighted by atomic mass is 79.9. The number of benzene rings is 1. The molecule has 0 fully saturated rings. The van der Waals surface area contributed by atoms with Crippen molar-refractivity contribution in [2.45, 2.75) is 13.8 Å². The van der Waals surface area contributed by atoms with Crippen LogP contribution in [0.15, 0.2) is 22.8 Å². The number of ether oxygens (including phenoxy) is 2. The summed E-state index contributed by atoms with van der Waals surface area (Å²) in [5.41, 5.74) is 0.672. The molecular formula is C12H14BrNO4. The van der Waals surface area contributed by atoms with E-state index in [-0.39, 0.29) is 0 Å². The van der Waals surface area contributed by atoms with Gasteiger partial charge in [0.1, 0.15) is 0 Å². The molecule has 1 rings (SSSR count). The Morgan fingerprint density at radius 1 is 1.33 bits per heavy atom. The molecule has 0 spiro atoms. The van der Waals surface area contributed by atoms with E-state index >= 15 is 0 Å². The summed E-state index contributed by atoms with van der Waals surface area (Å²) in [5, 5.41) is 10.3. The van der Waals surface area contributed by atoms with Gasteiger partial charge in [-0.05, 0) is 47.5 Å². The molecule has 0 N–H and O–H groups in total. The lowest BCUT2D eigenvalue weighted by atomic mass is 10.2. The Kier molecular flexibility index (Phi) is 5.64. The van der Waals surface area contributed by atoms with E-state index in [0.29, 0.717) is 34.7 Å². The zero-order chi connectivity index (χ0) is 13.5. The largest absolute Gasteiger partial charge is 0.490 e. The summed E-state index contributed by atoms with van der Waals surface area (Å²) in [6.45, 7) is 4.75. The van der Waals surface area contributed by atoms with Crippen molar-refractivity contribution in [2.75, 3.05) is 13.2 Å². The number of nitrogens with zero attached hydrogens (tertiary/aromatic N) is 1. The molecule has 1 aromatic carbocycles. The Balaban J connectivity index is 3.13. The first-order chi connectivity index (χ1) is 8.58. The van der Waals surface area contributed by atoms with E-state index in [4.69, 9.17) is 9.47 Å². The fourth-order valence-electron chi connectivity index (χ4n) is 1.38. The highest BCUT2D eigenvalue weighted by Gasteiger charge is 2.11. The van der Waals surface area contributed by atoms with Gasteiger partial charge in [0.15, 0.2) is 11.5 Å². The third-order valence-electron chi connectivity index (χ3n) is 2.01. The van der Waals surface area contributed by atoms with Gasteiger partial charge in [0.05, 0.1) is 22.6 Å². The molecular weight excluding hydrogens is 302 g/mol. The second-order valence-corrected chi connectivity index (χ2v) is 4.15. The lowest BCUT2D eigenvalue weighted by Gasteiger charge is -2.13. The van der Waals surface area contributed by atoms with Crippen LogP contribution in [0.1, 0.15) is 19.4 Å². The molecule has 0 heterocycles. The summed E-state index contributed by atoms with van der Waals surface area (Å²) < 4.78 is 11.6. The molecule has 0 atom stereocenters. The molecule has 1 aromatic rings. The van der Waals surface area contributed by atoms with Crippen molar-refractivity contribution in [3.05, 3.63) is 38.5 Å². The smallest absolute Gasteiger partial charge is 0.235 e. The molecule has 0 aromatic heterocycles. The Bertz CT molecular complexity index is 460. The van der Waals surface area contributed by atoms with Crippen LogP contribution in [-0.4, -0.2) is 18.1 Å². The van der Waals surface area contributed by atoms with Gasteiger partial charge in [-0.25, -0.2) is 0 Å². The maximum absolute atomic E-state index is 10.3. The van der Waals surface area contributed by atoms with Crippen LogP contribution in [0.5, 0.6) is 11.5 Å². The number of hydrogen-bond donors (Lipinski definition) is 0. The van der Waals surface area contributed by atoms with Crippen molar-refractivity contribution >= 4 is 22.0 Å². The predicted molar refractivity (Wildman–Crippen MR) is 72.5 cm³/mol. The molecule has 0 radical (unpaired) electrons. The van der Waals surface area contributed by atoms with Gasteiger partial charge in [0.2, 0.25) is 6.20 Å². The van der Waals surface area contributed by atoms with Gasteiger partial charge in [-0.2, -0.15) is 0 Å². The van der Waals surface area contributed by atoms with Crippen LogP contribution in [0, 0.1) is 10.1 Å². The third kappa shape index (κ3) is 4.03. The monoisotopic (exact) mass is 315 g/mol. The van der Waals surface area contributed by atoms with Gasteiger partial charge in [-0.1, -0.05) is 0 Å². The average Bonchev–Trinajstić information content (AvgIpc) is 2.31. The van der Waals surface area contributed by atoms with Crippen molar-refractivity contribution in [1.82, 2.24) is 0 Å². The molecule has 0 aliphatic heterocycles. The number of hydrogen-bond acceptors (Lipinski definition) is 4. The van der Waals surface area contributed by atoms with E-state index < -0.39 is 4.92 Å². The number of nitro groups is 1. The van der Waals surface area contributed by atoms with E-state index in [1.807, 2.05) is 13.8 Å². The maximum Gasteiger partial charge on any atom is 0.235 e. The minimum absolute atomic E-state index is 0.495. The van der Waals surface area contributed by atoms with Crippen LogP contribution in [0.3, 0.4) is 0 Å². The van der Waals surface area contributed by atoms with Crippen LogP contribution in [0.25, 0.3) is 6.08 Å². The number of rotatable bonds is 6. The Morgan fingerprint density at radius 2 is 2.00 bits per heavy atom. The Labute approximate surface area is 114 Å². The summed E-state index contributed by atoms with van der Waals surface area (Å²) in [6.07, 6.45) is 2.29. The molecule has 0 unspecified atom stereocenters. The van der Waals surface area contributed by atoms with Crippen LogP contribution in [0.2, 0.25) is 0 Å². The normalized spacial score (nSPS) is 10.6. The first-order valence-electron chi connectivity index (χ1n) is 5.49. The quantitative estimate of drug-likeness (QED) is 0.595. The lowest BCUT2D eigenvalue weighted by Crippen LogP contribution is -1.99. The zero-order valence-electron chi connectivity index (χ0n) is 10.2. The van der Waals surface area contributed by atoms with E-state index in [1.54, 1.807) is 12.1 Å². The van der Waals surface area contributed by atoms with E-state index in [0.717, 1.165) is 6.20 Å². The molecule has 0 aliphatic carbocycles. The lowest BCUT2D eigenvalue weighted by molar-refractivity contribution is -0.400. The van der Waals surface area contributed by atoms with Crippen LogP contribution in [-0.2, 0) is 0 Å². The summed E-state index contributed by atoms with van der Waals surface area (Å²) in [7, 11) is 0. The van der Waals surface area contributed by atoms with E-state index in [9.17, 15) is 10.1 Å². The molecule has 0 aliphatic rings. The van der Waals surface area contributed by atoms with E-state index in [2.05, 4.69) is 15.9 Å². The summed E-state index contributed by atoms with van der Waals surface area (Å²) >= 11 is 3.37. The first kappa shape index (κ1) is 14.5. The summed E-state index contributed by atoms with van der Waals surface area (Å²) in [4.78, 5) is 9.78. The van der Waals surface area contributed by atoms with E-state index in [1.165, 1.54) is 6.08 Å². The predicted octanol–water partition coefficient (Wildman–Crippen LogP) is 3.49. The molecule has 5 nitrogen and oxygen atoms in total. The van der Waals surface area contributed by atoms with Gasteiger partial charge in [0.25, 0.3) is 0 Å². The summed E-state index contributed by atoms with van der Waals surface area (Å²) in [6, 6.07) is 3.45. The van der Waals surface area contributed by atoms with Gasteiger partial charge in [0, 0.05) is 6.08 Å². The van der Waals surface area contributed by atoms with Crippen molar-refractivity contribution in [3.8, 4) is 11.5 Å². The SMILES string of the molecule is CCOc1cc(/C=C/[N+](=O)[O-])cc(Br)c1OCC. The topological polar surface area (TPSA) is 61.6 Å². The molecule has 18 heavy (non-hydrogen) atoms. The Morgan fingerprint density at radius 3 is 2.56 bits per heavy atom. The van der Waals surface area contributed by atoms with Crippen LogP contribution in [0.4, 0.5) is 0 Å². The molecule has 0 amide bonds. The van der Waals surface area contributed by atoms with Gasteiger partial charge in [-0.3, -0.25) is 10.1 Å². The molecule has 6 heteroatoms. The third-order valence-corrected chi connectivity index (χ3v) is 2.60. The molecule has 98 valence electrons.